The van der Waals surface area contributed by atoms with Crippen LogP contribution in [-0.4, -0.2) is 67.6 Å². The minimum absolute atomic E-state index is 0.0986. The fourth-order valence-electron chi connectivity index (χ4n) is 2.16. The van der Waals surface area contributed by atoms with Crippen molar-refractivity contribution in [2.75, 3.05) is 18.9 Å². The van der Waals surface area contributed by atoms with Gasteiger partial charge in [-0.1, -0.05) is 20.8 Å². The SMILES string of the molecule is CCC(=O)OCCC(OS(=O)(=O)CCCNC(C)=O)C(C)(C)[C@@H](O)C(=O)O. The van der Waals surface area contributed by atoms with Crippen LogP contribution < -0.4 is 5.32 Å². The van der Waals surface area contributed by atoms with Gasteiger partial charge in [0.05, 0.1) is 18.5 Å². The molecule has 0 aromatic rings. The summed E-state index contributed by atoms with van der Waals surface area (Å²) in [7, 11) is -4.07. The van der Waals surface area contributed by atoms with Crippen molar-refractivity contribution in [2.24, 2.45) is 5.41 Å². The van der Waals surface area contributed by atoms with Gasteiger partial charge in [0.1, 0.15) is 0 Å². The van der Waals surface area contributed by atoms with E-state index >= 15 is 0 Å². The number of nitrogens with one attached hydrogen (secondary N) is 1. The first-order valence-corrected chi connectivity index (χ1v) is 10.1. The lowest BCUT2D eigenvalue weighted by atomic mass is 9.79. The molecule has 0 aromatic heterocycles. The summed E-state index contributed by atoms with van der Waals surface area (Å²) in [4.78, 5) is 33.2. The fraction of sp³-hybridized carbons (Fsp3) is 0.812. The van der Waals surface area contributed by atoms with Crippen molar-refractivity contribution >= 4 is 28.0 Å². The molecule has 0 aliphatic heterocycles. The predicted octanol–water partition coefficient (Wildman–Crippen LogP) is 0.0426. The average Bonchev–Trinajstić information content (AvgIpc) is 2.56. The first kappa shape index (κ1) is 25.3. The molecule has 0 fully saturated rings. The highest BCUT2D eigenvalue weighted by Crippen LogP contribution is 2.32. The molecule has 3 N–H and O–H groups in total. The van der Waals surface area contributed by atoms with Crippen molar-refractivity contribution < 1.29 is 41.9 Å². The van der Waals surface area contributed by atoms with Crippen LogP contribution in [0.4, 0.5) is 0 Å². The second-order valence-electron chi connectivity index (χ2n) is 6.61. The van der Waals surface area contributed by atoms with E-state index in [1.165, 1.54) is 20.8 Å². The molecule has 0 aliphatic carbocycles. The molecular weight excluding hydrogens is 382 g/mol. The summed E-state index contributed by atoms with van der Waals surface area (Å²) < 4.78 is 34.5. The predicted molar refractivity (Wildman–Crippen MR) is 95.3 cm³/mol. The fourth-order valence-corrected chi connectivity index (χ4v) is 3.45. The number of hydrogen-bond donors (Lipinski definition) is 3. The topological polar surface area (TPSA) is 156 Å². The van der Waals surface area contributed by atoms with Crippen LogP contribution in [0.2, 0.25) is 0 Å². The molecule has 2 atom stereocenters. The number of rotatable bonds is 13. The minimum Gasteiger partial charge on any atom is -0.479 e. The Kier molecular flexibility index (Phi) is 10.5. The third-order valence-corrected chi connectivity index (χ3v) is 5.22. The van der Waals surface area contributed by atoms with Crippen LogP contribution in [0, 0.1) is 5.41 Å². The smallest absolute Gasteiger partial charge is 0.333 e. The zero-order valence-electron chi connectivity index (χ0n) is 16.1. The molecule has 0 aromatic carbocycles. The van der Waals surface area contributed by atoms with Crippen molar-refractivity contribution in [3.8, 4) is 0 Å². The van der Waals surface area contributed by atoms with Crippen LogP contribution in [0.1, 0.15) is 47.0 Å². The van der Waals surface area contributed by atoms with Gasteiger partial charge in [0, 0.05) is 31.7 Å². The van der Waals surface area contributed by atoms with Gasteiger partial charge in [-0.25, -0.2) is 4.79 Å². The van der Waals surface area contributed by atoms with Gasteiger partial charge in [-0.05, 0) is 6.42 Å². The minimum atomic E-state index is -4.07. The van der Waals surface area contributed by atoms with Crippen LogP contribution in [0.25, 0.3) is 0 Å². The Labute approximate surface area is 159 Å². The van der Waals surface area contributed by atoms with E-state index in [1.807, 2.05) is 0 Å². The Morgan fingerprint density at radius 2 is 1.81 bits per heavy atom. The van der Waals surface area contributed by atoms with Crippen molar-refractivity contribution in [1.82, 2.24) is 5.32 Å². The van der Waals surface area contributed by atoms with Gasteiger partial charge in [0.15, 0.2) is 6.10 Å². The number of hydrogen-bond acceptors (Lipinski definition) is 8. The van der Waals surface area contributed by atoms with Crippen LogP contribution >= 0.6 is 0 Å². The maximum atomic E-state index is 12.2. The van der Waals surface area contributed by atoms with Crippen molar-refractivity contribution in [3.05, 3.63) is 0 Å². The lowest BCUT2D eigenvalue weighted by Gasteiger charge is -2.35. The Morgan fingerprint density at radius 1 is 1.22 bits per heavy atom. The molecule has 158 valence electrons. The number of aliphatic hydroxyl groups excluding tert-OH is 1. The van der Waals surface area contributed by atoms with Gasteiger partial charge in [-0.3, -0.25) is 13.8 Å². The highest BCUT2D eigenvalue weighted by Gasteiger charge is 2.43. The summed E-state index contributed by atoms with van der Waals surface area (Å²) in [5.74, 6) is -2.72. The van der Waals surface area contributed by atoms with E-state index in [4.69, 9.17) is 14.0 Å². The molecule has 11 heteroatoms. The highest BCUT2D eigenvalue weighted by atomic mass is 32.2. The molecule has 0 aliphatic rings. The number of carboxylic acids is 1. The Hall–Kier alpha value is -1.72. The third kappa shape index (κ3) is 9.68. The molecular formula is C16H29NO9S. The number of aliphatic carboxylic acids is 1. The molecule has 1 amide bonds. The number of carbonyl (C=O) groups excluding carboxylic acids is 2. The molecule has 0 spiro atoms. The molecule has 0 radical (unpaired) electrons. The summed E-state index contributed by atoms with van der Waals surface area (Å²) in [5.41, 5.74) is -1.48. The van der Waals surface area contributed by atoms with Gasteiger partial charge in [-0.2, -0.15) is 8.42 Å². The van der Waals surface area contributed by atoms with E-state index in [-0.39, 0.29) is 38.3 Å². The zero-order chi connectivity index (χ0) is 21.3. The summed E-state index contributed by atoms with van der Waals surface area (Å²) in [6.07, 6.45) is -3.01. The number of carbonyl (C=O) groups is 3. The van der Waals surface area contributed by atoms with E-state index in [9.17, 15) is 27.9 Å². The van der Waals surface area contributed by atoms with E-state index in [0.717, 1.165) is 0 Å². The first-order chi connectivity index (χ1) is 12.3. The lowest BCUT2D eigenvalue weighted by molar-refractivity contribution is -0.159. The maximum Gasteiger partial charge on any atom is 0.333 e. The van der Waals surface area contributed by atoms with Gasteiger partial charge in [0.25, 0.3) is 10.1 Å². The number of esters is 1. The quantitative estimate of drug-likeness (QED) is 0.216. The maximum absolute atomic E-state index is 12.2. The molecule has 27 heavy (non-hydrogen) atoms. The van der Waals surface area contributed by atoms with Gasteiger partial charge >= 0.3 is 11.9 Å². The molecule has 10 nitrogen and oxygen atoms in total. The van der Waals surface area contributed by atoms with E-state index in [1.54, 1.807) is 6.92 Å². The standard InChI is InChI=1S/C16H29NO9S/c1-5-13(19)25-9-7-12(16(3,4)14(20)15(21)22)26-27(23,24)10-6-8-17-11(2)18/h12,14,20H,5-10H2,1-4H3,(H,17,18)(H,21,22)/t12?,14-/m0/s1. The van der Waals surface area contributed by atoms with Crippen molar-refractivity contribution in [2.45, 2.75) is 59.2 Å². The summed E-state index contributed by atoms with van der Waals surface area (Å²) in [6, 6.07) is 0. The lowest BCUT2D eigenvalue weighted by Crippen LogP contribution is -2.47. The van der Waals surface area contributed by atoms with E-state index < -0.39 is 45.4 Å². The normalized spacial score (nSPS) is 14.3. The number of aliphatic hydroxyl groups is 1. The Bertz CT molecular complexity index is 615. The van der Waals surface area contributed by atoms with Gasteiger partial charge in [-0.15, -0.1) is 0 Å². The molecule has 0 rings (SSSR count). The largest absolute Gasteiger partial charge is 0.479 e. The van der Waals surface area contributed by atoms with Crippen LogP contribution in [0.5, 0.6) is 0 Å². The average molecular weight is 411 g/mol. The van der Waals surface area contributed by atoms with E-state index in [2.05, 4.69) is 5.32 Å². The number of ether oxygens (including phenoxy) is 1. The van der Waals surface area contributed by atoms with Crippen molar-refractivity contribution in [3.63, 3.8) is 0 Å². The number of amides is 1. The second-order valence-corrected chi connectivity index (χ2v) is 8.32. The van der Waals surface area contributed by atoms with Crippen LogP contribution in [0.3, 0.4) is 0 Å². The second kappa shape index (κ2) is 11.2. The summed E-state index contributed by atoms with van der Waals surface area (Å²) in [6.45, 7) is 5.55. The first-order valence-electron chi connectivity index (χ1n) is 8.55. The number of carboxylic acid groups (broad SMARTS) is 1. The van der Waals surface area contributed by atoms with Crippen LogP contribution in [0.15, 0.2) is 0 Å². The zero-order valence-corrected chi connectivity index (χ0v) is 16.9. The Morgan fingerprint density at radius 3 is 2.30 bits per heavy atom. The third-order valence-electron chi connectivity index (χ3n) is 3.91. The van der Waals surface area contributed by atoms with E-state index in [0.29, 0.717) is 0 Å². The van der Waals surface area contributed by atoms with Gasteiger partial charge < -0.3 is 20.3 Å². The summed E-state index contributed by atoms with van der Waals surface area (Å²) in [5, 5.41) is 21.4. The van der Waals surface area contributed by atoms with Crippen LogP contribution in [-0.2, 0) is 33.4 Å². The monoisotopic (exact) mass is 411 g/mol. The molecule has 1 unspecified atom stereocenters. The highest BCUT2D eigenvalue weighted by molar-refractivity contribution is 7.86. The summed E-state index contributed by atoms with van der Waals surface area (Å²) >= 11 is 0. The molecule has 0 bridgehead atoms. The molecule has 0 heterocycles. The Balaban J connectivity index is 5.13. The molecule has 0 saturated carbocycles. The van der Waals surface area contributed by atoms with Crippen molar-refractivity contribution in [1.29, 1.82) is 0 Å². The molecule has 0 saturated heterocycles. The van der Waals surface area contributed by atoms with Gasteiger partial charge in [0.2, 0.25) is 5.91 Å².